The molecule has 2 aromatic heterocycles. The fourth-order valence-electron chi connectivity index (χ4n) is 3.19. The van der Waals surface area contributed by atoms with Gasteiger partial charge in [-0.3, -0.25) is 4.79 Å². The van der Waals surface area contributed by atoms with Crippen LogP contribution in [0.1, 0.15) is 15.9 Å². The Bertz CT molecular complexity index is 1380. The number of nitrogens with zero attached hydrogens (tertiary/aromatic N) is 1. The maximum atomic E-state index is 13.2. The van der Waals surface area contributed by atoms with E-state index < -0.39 is 9.84 Å². The quantitative estimate of drug-likeness (QED) is 0.440. The molecule has 4 rings (SSSR count). The summed E-state index contributed by atoms with van der Waals surface area (Å²) < 4.78 is 23.9. The molecule has 0 aliphatic heterocycles. The van der Waals surface area contributed by atoms with Crippen molar-refractivity contribution in [1.82, 2.24) is 9.97 Å². The van der Waals surface area contributed by atoms with Crippen LogP contribution in [0.25, 0.3) is 22.2 Å². The molecule has 4 aromatic rings. The number of rotatable bonds is 4. The minimum atomic E-state index is -3.38. The van der Waals surface area contributed by atoms with E-state index in [0.717, 1.165) is 6.26 Å². The van der Waals surface area contributed by atoms with Crippen molar-refractivity contribution >= 4 is 49.9 Å². The second kappa shape index (κ2) is 7.30. The Morgan fingerprint density at radius 3 is 2.55 bits per heavy atom. The van der Waals surface area contributed by atoms with Gasteiger partial charge in [0.25, 0.3) is 0 Å². The van der Waals surface area contributed by atoms with E-state index >= 15 is 0 Å². The Morgan fingerprint density at radius 1 is 1.03 bits per heavy atom. The van der Waals surface area contributed by atoms with Gasteiger partial charge in [-0.1, -0.05) is 41.4 Å². The molecule has 146 valence electrons. The highest BCUT2D eigenvalue weighted by atomic mass is 35.5. The molecule has 0 fully saturated rings. The number of hydrogen-bond donors (Lipinski definition) is 1. The van der Waals surface area contributed by atoms with Gasteiger partial charge in [0, 0.05) is 29.6 Å². The Morgan fingerprint density at radius 2 is 1.79 bits per heavy atom. The van der Waals surface area contributed by atoms with Crippen LogP contribution in [0.15, 0.2) is 65.8 Å². The van der Waals surface area contributed by atoms with Gasteiger partial charge in [-0.2, -0.15) is 0 Å². The fourth-order valence-corrected chi connectivity index (χ4v) is 4.25. The number of pyridine rings is 1. The second-order valence-electron chi connectivity index (χ2n) is 6.51. The molecule has 0 amide bonds. The topological polar surface area (TPSA) is 79.9 Å². The predicted molar refractivity (Wildman–Crippen MR) is 115 cm³/mol. The summed E-state index contributed by atoms with van der Waals surface area (Å²) in [6.07, 6.45) is 4.32. The minimum absolute atomic E-state index is 0.179. The van der Waals surface area contributed by atoms with Gasteiger partial charge in [0.05, 0.1) is 20.5 Å². The Balaban J connectivity index is 1.94. The second-order valence-corrected chi connectivity index (χ2v) is 9.32. The average Bonchev–Trinajstić information content (AvgIpc) is 3.13. The molecule has 0 saturated heterocycles. The Hall–Kier alpha value is -2.67. The highest BCUT2D eigenvalue weighted by Crippen LogP contribution is 2.34. The van der Waals surface area contributed by atoms with Gasteiger partial charge >= 0.3 is 0 Å². The highest BCUT2D eigenvalue weighted by Gasteiger charge is 2.21. The molecule has 29 heavy (non-hydrogen) atoms. The molecular weight excluding hydrogens is 431 g/mol. The first-order valence-electron chi connectivity index (χ1n) is 8.52. The van der Waals surface area contributed by atoms with Crippen LogP contribution in [0.5, 0.6) is 0 Å². The maximum absolute atomic E-state index is 13.2. The van der Waals surface area contributed by atoms with E-state index in [0.29, 0.717) is 27.7 Å². The molecule has 0 spiro atoms. The first kappa shape index (κ1) is 19.6. The summed E-state index contributed by atoms with van der Waals surface area (Å²) in [7, 11) is -3.38. The van der Waals surface area contributed by atoms with Crippen molar-refractivity contribution in [3.63, 3.8) is 0 Å². The van der Waals surface area contributed by atoms with E-state index in [-0.39, 0.29) is 26.3 Å². The van der Waals surface area contributed by atoms with Gasteiger partial charge in [0.2, 0.25) is 0 Å². The number of aromatic nitrogens is 2. The summed E-state index contributed by atoms with van der Waals surface area (Å²) in [5.41, 5.74) is 2.50. The number of H-pyrrole nitrogens is 1. The molecule has 0 radical (unpaired) electrons. The largest absolute Gasteiger partial charge is 0.345 e. The number of sulfone groups is 1. The van der Waals surface area contributed by atoms with Gasteiger partial charge in [-0.15, -0.1) is 0 Å². The van der Waals surface area contributed by atoms with Crippen molar-refractivity contribution in [2.45, 2.75) is 4.90 Å². The van der Waals surface area contributed by atoms with Crippen LogP contribution >= 0.6 is 23.2 Å². The van der Waals surface area contributed by atoms with Crippen LogP contribution in [0.4, 0.5) is 0 Å². The Kier molecular flexibility index (Phi) is 4.94. The van der Waals surface area contributed by atoms with E-state index in [2.05, 4.69) is 9.97 Å². The monoisotopic (exact) mass is 444 g/mol. The van der Waals surface area contributed by atoms with Gasteiger partial charge in [-0.05, 0) is 41.5 Å². The van der Waals surface area contributed by atoms with Crippen molar-refractivity contribution < 1.29 is 13.2 Å². The lowest BCUT2D eigenvalue weighted by molar-refractivity contribution is 0.104. The maximum Gasteiger partial charge on any atom is 0.196 e. The van der Waals surface area contributed by atoms with Gasteiger partial charge in [0.1, 0.15) is 5.65 Å². The number of aromatic amines is 1. The molecule has 0 atom stereocenters. The molecule has 5 nitrogen and oxygen atoms in total. The molecule has 1 N–H and O–H groups in total. The zero-order valence-electron chi connectivity index (χ0n) is 15.1. The molecule has 0 aliphatic rings. The number of hydrogen-bond acceptors (Lipinski definition) is 4. The number of nitrogens with one attached hydrogen (secondary N) is 1. The minimum Gasteiger partial charge on any atom is -0.345 e. The van der Waals surface area contributed by atoms with Crippen molar-refractivity contribution in [1.29, 1.82) is 0 Å². The summed E-state index contributed by atoms with van der Waals surface area (Å²) in [6.45, 7) is 0. The smallest absolute Gasteiger partial charge is 0.196 e. The van der Waals surface area contributed by atoms with E-state index in [9.17, 15) is 13.2 Å². The third-order valence-electron chi connectivity index (χ3n) is 4.59. The molecule has 0 unspecified atom stereocenters. The first-order chi connectivity index (χ1) is 13.8. The Labute approximate surface area is 177 Å². The number of fused-ring (bicyclic) bond motifs is 1. The summed E-state index contributed by atoms with van der Waals surface area (Å²) in [4.78, 5) is 20.7. The predicted octanol–water partition coefficient (Wildman–Crippen LogP) is 5.17. The van der Waals surface area contributed by atoms with Crippen molar-refractivity contribution in [2.75, 3.05) is 6.26 Å². The van der Waals surface area contributed by atoms with Crippen LogP contribution < -0.4 is 0 Å². The van der Waals surface area contributed by atoms with Crippen molar-refractivity contribution in [3.05, 3.63) is 82.1 Å². The van der Waals surface area contributed by atoms with Crippen LogP contribution in [-0.2, 0) is 9.84 Å². The van der Waals surface area contributed by atoms with Crippen LogP contribution in [0.2, 0.25) is 10.0 Å². The third-order valence-corrected chi connectivity index (χ3v) is 6.52. The van der Waals surface area contributed by atoms with Crippen LogP contribution in [0.3, 0.4) is 0 Å². The standard InChI is InChI=1S/C21H14Cl2N2O3S/c1-29(27,28)13-5-2-4-12(10-13)14-8-9-24-21-18(14)16(11-25-21)20(26)15-6-3-7-17(22)19(15)23/h2-11H,1H3,(H,24,25). The van der Waals surface area contributed by atoms with Crippen molar-refractivity contribution in [3.8, 4) is 11.1 Å². The van der Waals surface area contributed by atoms with Gasteiger partial charge in [0.15, 0.2) is 15.6 Å². The molecule has 0 aliphatic carbocycles. The van der Waals surface area contributed by atoms with Gasteiger partial charge in [-0.25, -0.2) is 13.4 Å². The van der Waals surface area contributed by atoms with Crippen LogP contribution in [0, 0.1) is 0 Å². The molecule has 0 bridgehead atoms. The molecule has 0 saturated carbocycles. The summed E-state index contributed by atoms with van der Waals surface area (Å²) in [5.74, 6) is -0.308. The zero-order chi connectivity index (χ0) is 20.8. The molecule has 8 heteroatoms. The number of benzene rings is 2. The lowest BCUT2D eigenvalue weighted by atomic mass is 9.97. The van der Waals surface area contributed by atoms with Crippen LogP contribution in [-0.4, -0.2) is 30.4 Å². The van der Waals surface area contributed by atoms with Crippen molar-refractivity contribution in [2.24, 2.45) is 0 Å². The fraction of sp³-hybridized carbons (Fsp3) is 0.0476. The molecule has 2 aromatic carbocycles. The van der Waals surface area contributed by atoms with Gasteiger partial charge < -0.3 is 4.98 Å². The molecule has 2 heterocycles. The number of carbonyl (C=O) groups excluding carboxylic acids is 1. The first-order valence-corrected chi connectivity index (χ1v) is 11.2. The lowest BCUT2D eigenvalue weighted by Gasteiger charge is -2.09. The summed E-state index contributed by atoms with van der Waals surface area (Å²) in [6, 6.07) is 13.2. The van der Waals surface area contributed by atoms with E-state index in [1.54, 1.807) is 54.9 Å². The summed E-state index contributed by atoms with van der Waals surface area (Å²) in [5, 5.41) is 1.05. The lowest BCUT2D eigenvalue weighted by Crippen LogP contribution is -2.02. The zero-order valence-corrected chi connectivity index (χ0v) is 17.4. The normalized spacial score (nSPS) is 11.7. The van der Waals surface area contributed by atoms with E-state index in [4.69, 9.17) is 23.2 Å². The van der Waals surface area contributed by atoms with E-state index in [1.165, 1.54) is 6.07 Å². The summed E-state index contributed by atoms with van der Waals surface area (Å²) >= 11 is 12.3. The molecular formula is C21H14Cl2N2O3S. The number of halogens is 2. The average molecular weight is 445 g/mol. The number of carbonyl (C=O) groups is 1. The number of ketones is 1. The third kappa shape index (κ3) is 3.55. The van der Waals surface area contributed by atoms with E-state index in [1.807, 2.05) is 0 Å². The highest BCUT2D eigenvalue weighted by molar-refractivity contribution is 7.90. The SMILES string of the molecule is CS(=O)(=O)c1cccc(-c2ccnc3[nH]cc(C(=O)c4cccc(Cl)c4Cl)c23)c1.